The van der Waals surface area contributed by atoms with Crippen molar-refractivity contribution in [3.05, 3.63) is 20.8 Å². The van der Waals surface area contributed by atoms with Gasteiger partial charge in [0.2, 0.25) is 0 Å². The summed E-state index contributed by atoms with van der Waals surface area (Å²) in [6.07, 6.45) is 0. The van der Waals surface area contributed by atoms with E-state index in [1.807, 2.05) is 11.4 Å². The molecule has 0 unspecified atom stereocenters. The van der Waals surface area contributed by atoms with E-state index in [0.29, 0.717) is 6.54 Å². The molecule has 1 atom stereocenters. The van der Waals surface area contributed by atoms with Crippen LogP contribution in [0.4, 0.5) is 4.79 Å². The van der Waals surface area contributed by atoms with Crippen molar-refractivity contribution in [3.8, 4) is 0 Å². The Hall–Kier alpha value is -0.550. The standard InChI is InChI=1S/C7H7BrN2OS/c8-4-1-2-12-6(4)5-3-9-7(11)10-5/h1-2,5H,3H2,(H2,9,10,11)/t5-/m0/s1. The van der Waals surface area contributed by atoms with Crippen LogP contribution in [0.15, 0.2) is 15.9 Å². The summed E-state index contributed by atoms with van der Waals surface area (Å²) in [6, 6.07) is 2.04. The second kappa shape index (κ2) is 3.06. The summed E-state index contributed by atoms with van der Waals surface area (Å²) in [7, 11) is 0. The predicted octanol–water partition coefficient (Wildman–Crippen LogP) is 1.86. The Morgan fingerprint density at radius 2 is 2.50 bits per heavy atom. The molecular weight excluding hydrogens is 240 g/mol. The first-order chi connectivity index (χ1) is 5.77. The van der Waals surface area contributed by atoms with Crippen molar-refractivity contribution in [2.24, 2.45) is 0 Å². The number of carbonyl (C=O) groups is 1. The number of nitrogens with one attached hydrogen (secondary N) is 2. The van der Waals surface area contributed by atoms with Crippen LogP contribution in [0.25, 0.3) is 0 Å². The Balaban J connectivity index is 2.21. The fraction of sp³-hybridized carbons (Fsp3) is 0.286. The SMILES string of the molecule is O=C1NC[C@@H](c2sccc2Br)N1. The zero-order chi connectivity index (χ0) is 8.55. The molecule has 0 aromatic carbocycles. The van der Waals surface area contributed by atoms with E-state index in [4.69, 9.17) is 0 Å². The minimum Gasteiger partial charge on any atom is -0.336 e. The summed E-state index contributed by atoms with van der Waals surface area (Å²) in [5.74, 6) is 0. The van der Waals surface area contributed by atoms with Crippen LogP contribution in [0, 0.1) is 0 Å². The first-order valence-electron chi connectivity index (χ1n) is 3.54. The topological polar surface area (TPSA) is 41.1 Å². The molecule has 0 saturated carbocycles. The molecule has 2 heterocycles. The molecule has 5 heteroatoms. The van der Waals surface area contributed by atoms with Crippen LogP contribution >= 0.6 is 27.3 Å². The summed E-state index contributed by atoms with van der Waals surface area (Å²) < 4.78 is 1.07. The van der Waals surface area contributed by atoms with Crippen molar-refractivity contribution in [2.45, 2.75) is 6.04 Å². The van der Waals surface area contributed by atoms with E-state index in [0.717, 1.165) is 4.47 Å². The maximum absolute atomic E-state index is 10.8. The highest BCUT2D eigenvalue weighted by Crippen LogP contribution is 2.29. The van der Waals surface area contributed by atoms with Crippen LogP contribution in [0.5, 0.6) is 0 Å². The van der Waals surface area contributed by atoms with Crippen LogP contribution in [0.2, 0.25) is 0 Å². The molecule has 64 valence electrons. The summed E-state index contributed by atoms with van der Waals surface area (Å²) in [4.78, 5) is 12.0. The Morgan fingerprint density at radius 1 is 1.67 bits per heavy atom. The van der Waals surface area contributed by atoms with Gasteiger partial charge in [-0.25, -0.2) is 4.79 Å². The number of carbonyl (C=O) groups excluding carboxylic acids is 1. The molecule has 2 amide bonds. The van der Waals surface area contributed by atoms with E-state index in [-0.39, 0.29) is 12.1 Å². The number of thiophene rings is 1. The third-order valence-electron chi connectivity index (χ3n) is 1.73. The third kappa shape index (κ3) is 1.34. The van der Waals surface area contributed by atoms with Gasteiger partial charge in [0, 0.05) is 15.9 Å². The molecule has 1 aliphatic rings. The van der Waals surface area contributed by atoms with Gasteiger partial charge in [-0.3, -0.25) is 0 Å². The summed E-state index contributed by atoms with van der Waals surface area (Å²) in [6.45, 7) is 0.679. The van der Waals surface area contributed by atoms with E-state index < -0.39 is 0 Å². The molecular formula is C7H7BrN2OS. The fourth-order valence-corrected chi connectivity index (χ4v) is 2.87. The van der Waals surface area contributed by atoms with Crippen LogP contribution in [0.3, 0.4) is 0 Å². The van der Waals surface area contributed by atoms with E-state index in [1.54, 1.807) is 11.3 Å². The molecule has 2 rings (SSSR count). The van der Waals surface area contributed by atoms with Crippen LogP contribution in [0.1, 0.15) is 10.9 Å². The highest BCUT2D eigenvalue weighted by molar-refractivity contribution is 9.10. The number of hydrogen-bond donors (Lipinski definition) is 2. The van der Waals surface area contributed by atoms with E-state index in [1.165, 1.54) is 4.88 Å². The molecule has 1 aromatic rings. The number of rotatable bonds is 1. The Bertz CT molecular complexity index is 312. The summed E-state index contributed by atoms with van der Waals surface area (Å²) in [5, 5.41) is 7.55. The highest BCUT2D eigenvalue weighted by atomic mass is 79.9. The normalized spacial score (nSPS) is 22.1. The van der Waals surface area contributed by atoms with Crippen molar-refractivity contribution in [1.29, 1.82) is 0 Å². The lowest BCUT2D eigenvalue weighted by Gasteiger charge is -2.05. The Labute approximate surface area is 82.3 Å². The maximum Gasteiger partial charge on any atom is 0.315 e. The molecule has 0 bridgehead atoms. The largest absolute Gasteiger partial charge is 0.336 e. The number of urea groups is 1. The molecule has 0 aliphatic carbocycles. The molecule has 1 aromatic heterocycles. The molecule has 1 aliphatic heterocycles. The van der Waals surface area contributed by atoms with E-state index >= 15 is 0 Å². The third-order valence-corrected chi connectivity index (χ3v) is 3.72. The fourth-order valence-electron chi connectivity index (χ4n) is 1.17. The lowest BCUT2D eigenvalue weighted by molar-refractivity contribution is 0.247. The molecule has 0 spiro atoms. The molecule has 1 saturated heterocycles. The first-order valence-corrected chi connectivity index (χ1v) is 5.22. The average Bonchev–Trinajstić information content (AvgIpc) is 2.58. The number of halogens is 1. The van der Waals surface area contributed by atoms with Gasteiger partial charge < -0.3 is 10.6 Å². The lowest BCUT2D eigenvalue weighted by atomic mass is 10.2. The zero-order valence-corrected chi connectivity index (χ0v) is 8.54. The number of hydrogen-bond acceptors (Lipinski definition) is 2. The first kappa shape index (κ1) is 8.07. The quantitative estimate of drug-likeness (QED) is 0.781. The summed E-state index contributed by atoms with van der Waals surface area (Å²) >= 11 is 5.07. The van der Waals surface area contributed by atoms with Crippen molar-refractivity contribution < 1.29 is 4.79 Å². The second-order valence-corrected chi connectivity index (χ2v) is 4.34. The van der Waals surface area contributed by atoms with Crippen molar-refractivity contribution in [2.75, 3.05) is 6.54 Å². The van der Waals surface area contributed by atoms with Gasteiger partial charge in [-0.05, 0) is 27.4 Å². The molecule has 0 radical (unpaired) electrons. The minimum atomic E-state index is -0.0831. The Kier molecular flexibility index (Phi) is 2.06. The van der Waals surface area contributed by atoms with Crippen molar-refractivity contribution in [3.63, 3.8) is 0 Å². The van der Waals surface area contributed by atoms with Crippen LogP contribution in [-0.2, 0) is 0 Å². The maximum atomic E-state index is 10.8. The molecule has 3 nitrogen and oxygen atoms in total. The van der Waals surface area contributed by atoms with E-state index in [9.17, 15) is 4.79 Å². The van der Waals surface area contributed by atoms with Gasteiger partial charge in [0.1, 0.15) is 0 Å². The van der Waals surface area contributed by atoms with Gasteiger partial charge in [0.05, 0.1) is 6.04 Å². The highest BCUT2D eigenvalue weighted by Gasteiger charge is 2.23. The second-order valence-electron chi connectivity index (χ2n) is 2.54. The monoisotopic (exact) mass is 246 g/mol. The minimum absolute atomic E-state index is 0.0831. The van der Waals surface area contributed by atoms with Gasteiger partial charge in [-0.15, -0.1) is 11.3 Å². The molecule has 2 N–H and O–H groups in total. The molecule has 12 heavy (non-hydrogen) atoms. The predicted molar refractivity (Wildman–Crippen MR) is 51.3 cm³/mol. The lowest BCUT2D eigenvalue weighted by Crippen LogP contribution is -2.21. The zero-order valence-electron chi connectivity index (χ0n) is 6.13. The van der Waals surface area contributed by atoms with Crippen LogP contribution < -0.4 is 10.6 Å². The van der Waals surface area contributed by atoms with Gasteiger partial charge in [-0.1, -0.05) is 0 Å². The van der Waals surface area contributed by atoms with Crippen LogP contribution in [-0.4, -0.2) is 12.6 Å². The van der Waals surface area contributed by atoms with E-state index in [2.05, 4.69) is 26.6 Å². The van der Waals surface area contributed by atoms with Crippen molar-refractivity contribution in [1.82, 2.24) is 10.6 Å². The summed E-state index contributed by atoms with van der Waals surface area (Å²) in [5.41, 5.74) is 0. The smallest absolute Gasteiger partial charge is 0.315 e. The average molecular weight is 247 g/mol. The molecule has 1 fully saturated rings. The van der Waals surface area contributed by atoms with Gasteiger partial charge in [0.25, 0.3) is 0 Å². The van der Waals surface area contributed by atoms with Gasteiger partial charge in [-0.2, -0.15) is 0 Å². The number of amides is 2. The van der Waals surface area contributed by atoms with Crippen molar-refractivity contribution >= 4 is 33.3 Å². The Morgan fingerprint density at radius 3 is 3.00 bits per heavy atom. The van der Waals surface area contributed by atoms with Gasteiger partial charge in [0.15, 0.2) is 0 Å². The van der Waals surface area contributed by atoms with Gasteiger partial charge >= 0.3 is 6.03 Å².